The number of halogens is 1. The molecule has 1 heterocycles. The average molecular weight is 264 g/mol. The predicted molar refractivity (Wildman–Crippen MR) is 59.6 cm³/mol. The summed E-state index contributed by atoms with van der Waals surface area (Å²) in [6, 6.07) is 8.97. The van der Waals surface area contributed by atoms with Gasteiger partial charge in [0.15, 0.2) is 4.83 Å². The van der Waals surface area contributed by atoms with Gasteiger partial charge in [-0.1, -0.05) is 28.1 Å². The normalized spacial score (nSPS) is 12.3. The van der Waals surface area contributed by atoms with Crippen molar-refractivity contribution in [2.75, 3.05) is 0 Å². The second-order valence-electron chi connectivity index (χ2n) is 2.96. The van der Waals surface area contributed by atoms with Crippen molar-refractivity contribution in [3.05, 3.63) is 40.4 Å². The molecule has 0 saturated carbocycles. The van der Waals surface area contributed by atoms with Crippen molar-refractivity contribution in [1.82, 2.24) is 9.97 Å². The van der Waals surface area contributed by atoms with Crippen molar-refractivity contribution in [2.45, 2.75) is 4.83 Å². The van der Waals surface area contributed by atoms with E-state index in [1.54, 1.807) is 24.3 Å². The number of nitrogens with one attached hydrogen (secondary N) is 1. The lowest BCUT2D eigenvalue weighted by molar-refractivity contribution is 0.994. The molecule has 2 aromatic rings. The Bertz CT molecular complexity index is 599. The molecule has 0 amide bonds. The Hall–Kier alpha value is -1.67. The van der Waals surface area contributed by atoms with Gasteiger partial charge in [0.1, 0.15) is 5.82 Å². The van der Waals surface area contributed by atoms with Gasteiger partial charge in [-0.15, -0.1) is 0 Å². The van der Waals surface area contributed by atoms with Crippen molar-refractivity contribution in [3.63, 3.8) is 0 Å². The zero-order valence-electron chi connectivity index (χ0n) is 7.57. The third kappa shape index (κ3) is 1.76. The molecular formula is C10H6BrN3O. The van der Waals surface area contributed by atoms with E-state index in [1.165, 1.54) is 0 Å². The molecule has 4 nitrogen and oxygen atoms in total. The maximum absolute atomic E-state index is 11.6. The molecule has 1 atom stereocenters. The van der Waals surface area contributed by atoms with Crippen LogP contribution < -0.4 is 5.56 Å². The number of aromatic amines is 1. The van der Waals surface area contributed by atoms with Gasteiger partial charge in [-0.05, 0) is 12.1 Å². The standard InChI is InChI=1S/C10H6BrN3O/c11-7(5-12)9-13-8-4-2-1-3-6(8)10(15)14-9/h1-4,7H,(H,13,14,15). The lowest BCUT2D eigenvalue weighted by Gasteiger charge is -2.01. The smallest absolute Gasteiger partial charge is 0.258 e. The lowest BCUT2D eigenvalue weighted by Crippen LogP contribution is -2.12. The maximum atomic E-state index is 11.6. The summed E-state index contributed by atoms with van der Waals surface area (Å²) in [6.45, 7) is 0. The van der Waals surface area contributed by atoms with E-state index in [1.807, 2.05) is 6.07 Å². The molecular weight excluding hydrogens is 258 g/mol. The van der Waals surface area contributed by atoms with E-state index in [-0.39, 0.29) is 5.56 Å². The molecule has 1 aromatic carbocycles. The minimum atomic E-state index is -0.588. The Morgan fingerprint density at radius 1 is 1.47 bits per heavy atom. The van der Waals surface area contributed by atoms with Gasteiger partial charge in [0, 0.05) is 0 Å². The second kappa shape index (κ2) is 3.83. The van der Waals surface area contributed by atoms with E-state index in [0.717, 1.165) is 0 Å². The lowest BCUT2D eigenvalue weighted by atomic mass is 10.2. The van der Waals surface area contributed by atoms with Gasteiger partial charge in [-0.2, -0.15) is 5.26 Å². The van der Waals surface area contributed by atoms with Crippen molar-refractivity contribution < 1.29 is 0 Å². The Morgan fingerprint density at radius 2 is 2.20 bits per heavy atom. The molecule has 0 aliphatic carbocycles. The van der Waals surface area contributed by atoms with Crippen molar-refractivity contribution in [3.8, 4) is 6.07 Å². The number of rotatable bonds is 1. The van der Waals surface area contributed by atoms with E-state index in [9.17, 15) is 4.79 Å². The second-order valence-corrected chi connectivity index (χ2v) is 3.88. The first-order valence-corrected chi connectivity index (χ1v) is 5.16. The Labute approximate surface area is 93.7 Å². The van der Waals surface area contributed by atoms with Gasteiger partial charge in [-0.25, -0.2) is 4.98 Å². The molecule has 1 aromatic heterocycles. The topological polar surface area (TPSA) is 69.5 Å². The fourth-order valence-corrected chi connectivity index (χ4v) is 1.50. The van der Waals surface area contributed by atoms with Crippen LogP contribution in [0.4, 0.5) is 0 Å². The van der Waals surface area contributed by atoms with E-state index in [4.69, 9.17) is 5.26 Å². The highest BCUT2D eigenvalue weighted by Crippen LogP contribution is 2.17. The van der Waals surface area contributed by atoms with Crippen LogP contribution in [0.3, 0.4) is 0 Å². The summed E-state index contributed by atoms with van der Waals surface area (Å²) in [4.78, 5) is 17.8. The van der Waals surface area contributed by atoms with Crippen LogP contribution in [0.15, 0.2) is 29.1 Å². The molecule has 1 N–H and O–H groups in total. The zero-order chi connectivity index (χ0) is 10.8. The number of para-hydroxylation sites is 1. The largest absolute Gasteiger partial charge is 0.308 e. The number of nitriles is 1. The molecule has 0 radical (unpaired) electrons. The van der Waals surface area contributed by atoms with Crippen molar-refractivity contribution in [2.24, 2.45) is 0 Å². The summed E-state index contributed by atoms with van der Waals surface area (Å²) in [7, 11) is 0. The van der Waals surface area contributed by atoms with Crippen LogP contribution in [-0.4, -0.2) is 9.97 Å². The van der Waals surface area contributed by atoms with E-state index in [0.29, 0.717) is 16.7 Å². The summed E-state index contributed by atoms with van der Waals surface area (Å²) in [5, 5.41) is 9.22. The minimum absolute atomic E-state index is 0.227. The highest BCUT2D eigenvalue weighted by atomic mass is 79.9. The number of hydrogen-bond donors (Lipinski definition) is 1. The van der Waals surface area contributed by atoms with Crippen LogP contribution in [0.1, 0.15) is 10.7 Å². The molecule has 2 rings (SSSR count). The van der Waals surface area contributed by atoms with Gasteiger partial charge in [0.05, 0.1) is 17.0 Å². The molecule has 0 bridgehead atoms. The molecule has 0 aliphatic heterocycles. The number of aromatic nitrogens is 2. The Morgan fingerprint density at radius 3 is 2.93 bits per heavy atom. The minimum Gasteiger partial charge on any atom is -0.308 e. The van der Waals surface area contributed by atoms with Crippen LogP contribution >= 0.6 is 15.9 Å². The molecule has 0 fully saturated rings. The van der Waals surface area contributed by atoms with Crippen molar-refractivity contribution in [1.29, 1.82) is 5.26 Å². The highest BCUT2D eigenvalue weighted by molar-refractivity contribution is 9.09. The van der Waals surface area contributed by atoms with E-state index < -0.39 is 4.83 Å². The molecule has 5 heteroatoms. The van der Waals surface area contributed by atoms with Gasteiger partial charge in [0.2, 0.25) is 0 Å². The molecule has 0 saturated heterocycles. The third-order valence-corrected chi connectivity index (χ3v) is 2.62. The van der Waals surface area contributed by atoms with Gasteiger partial charge < -0.3 is 4.98 Å². The van der Waals surface area contributed by atoms with Crippen LogP contribution in [-0.2, 0) is 0 Å². The summed E-state index contributed by atoms with van der Waals surface area (Å²) in [5.41, 5.74) is 0.367. The first-order valence-electron chi connectivity index (χ1n) is 4.25. The zero-order valence-corrected chi connectivity index (χ0v) is 9.15. The maximum Gasteiger partial charge on any atom is 0.258 e. The van der Waals surface area contributed by atoms with Crippen LogP contribution in [0, 0.1) is 11.3 Å². The van der Waals surface area contributed by atoms with Crippen LogP contribution in [0.25, 0.3) is 10.9 Å². The number of nitrogens with zero attached hydrogens (tertiary/aromatic N) is 2. The quantitative estimate of drug-likeness (QED) is 0.799. The van der Waals surface area contributed by atoms with Crippen LogP contribution in [0.2, 0.25) is 0 Å². The number of H-pyrrole nitrogens is 1. The summed E-state index contributed by atoms with van der Waals surface area (Å²) < 4.78 is 0. The summed E-state index contributed by atoms with van der Waals surface area (Å²) >= 11 is 3.11. The monoisotopic (exact) mass is 263 g/mol. The summed E-state index contributed by atoms with van der Waals surface area (Å²) in [5.74, 6) is 0.334. The molecule has 15 heavy (non-hydrogen) atoms. The Balaban J connectivity index is 2.74. The number of hydrogen-bond acceptors (Lipinski definition) is 3. The number of benzene rings is 1. The molecule has 0 aliphatic rings. The number of fused-ring (bicyclic) bond motifs is 1. The fourth-order valence-electron chi connectivity index (χ4n) is 1.29. The van der Waals surface area contributed by atoms with Gasteiger partial charge in [-0.3, -0.25) is 4.79 Å². The molecule has 74 valence electrons. The first-order chi connectivity index (χ1) is 7.22. The highest BCUT2D eigenvalue weighted by Gasteiger charge is 2.10. The predicted octanol–water partition coefficient (Wildman–Crippen LogP) is 1.88. The fraction of sp³-hybridized carbons (Fsp3) is 0.100. The van der Waals surface area contributed by atoms with E-state index in [2.05, 4.69) is 25.9 Å². The third-order valence-electron chi connectivity index (χ3n) is 1.98. The van der Waals surface area contributed by atoms with E-state index >= 15 is 0 Å². The first kappa shape index (κ1) is 9.87. The number of alkyl halides is 1. The van der Waals surface area contributed by atoms with Crippen molar-refractivity contribution >= 4 is 26.8 Å². The van der Waals surface area contributed by atoms with Crippen LogP contribution in [0.5, 0.6) is 0 Å². The SMILES string of the molecule is N#CC(Br)c1nc2ccccc2c(=O)[nH]1. The van der Waals surface area contributed by atoms with Gasteiger partial charge >= 0.3 is 0 Å². The average Bonchev–Trinajstić information content (AvgIpc) is 2.28. The summed E-state index contributed by atoms with van der Waals surface area (Å²) in [6.07, 6.45) is 0. The molecule has 1 unspecified atom stereocenters. The Kier molecular flexibility index (Phi) is 2.52. The van der Waals surface area contributed by atoms with Gasteiger partial charge in [0.25, 0.3) is 5.56 Å². The molecule has 0 spiro atoms.